The average Bonchev–Trinajstić information content (AvgIpc) is 3.66. The zero-order valence-corrected chi connectivity index (χ0v) is 26.3. The second-order valence-corrected chi connectivity index (χ2v) is 11.8. The van der Waals surface area contributed by atoms with Crippen LogP contribution in [0, 0.1) is 0 Å². The van der Waals surface area contributed by atoms with Crippen LogP contribution in [0.5, 0.6) is 23.0 Å². The lowest BCUT2D eigenvalue weighted by Gasteiger charge is -2.24. The molecule has 0 N–H and O–H groups in total. The lowest BCUT2D eigenvalue weighted by Crippen LogP contribution is -2.39. The van der Waals surface area contributed by atoms with Crippen LogP contribution in [0.4, 0.5) is 0 Å². The SMILES string of the molecule is CCOC(=O)C1=C(C)N=c2s/c(=C/c3ccc(OCc4cccc5ccccc45)c(OC)c3)c(=O)n2[C@H]1c1ccc2c(c1)OCO2. The minimum absolute atomic E-state index is 0.109. The maximum atomic E-state index is 14.1. The number of hydrogen-bond donors (Lipinski definition) is 0. The predicted molar refractivity (Wildman–Crippen MR) is 174 cm³/mol. The van der Waals surface area contributed by atoms with Crippen molar-refractivity contribution in [3.8, 4) is 23.0 Å². The highest BCUT2D eigenvalue weighted by molar-refractivity contribution is 7.07. The maximum Gasteiger partial charge on any atom is 0.338 e. The Kier molecular flexibility index (Phi) is 7.79. The Hall–Kier alpha value is -5.35. The highest BCUT2D eigenvalue weighted by atomic mass is 32.1. The highest BCUT2D eigenvalue weighted by Crippen LogP contribution is 2.38. The fourth-order valence-electron chi connectivity index (χ4n) is 5.81. The summed E-state index contributed by atoms with van der Waals surface area (Å²) in [6.45, 7) is 4.17. The molecule has 1 aromatic heterocycles. The third kappa shape index (κ3) is 5.30. The number of benzene rings is 4. The molecule has 0 saturated heterocycles. The number of carbonyl (C=O) groups excluding carboxylic acids is 1. The normalized spacial score (nSPS) is 15.5. The van der Waals surface area contributed by atoms with Crippen molar-refractivity contribution in [2.45, 2.75) is 26.5 Å². The summed E-state index contributed by atoms with van der Waals surface area (Å²) in [5.74, 6) is 1.76. The van der Waals surface area contributed by atoms with Gasteiger partial charge in [-0.05, 0) is 71.7 Å². The van der Waals surface area contributed by atoms with Crippen molar-refractivity contribution in [1.29, 1.82) is 0 Å². The number of allylic oxidation sites excluding steroid dienone is 1. The number of ether oxygens (including phenoxy) is 5. The van der Waals surface area contributed by atoms with Crippen molar-refractivity contribution >= 4 is 34.2 Å². The van der Waals surface area contributed by atoms with Crippen LogP contribution in [0.15, 0.2) is 99.9 Å². The molecule has 0 fully saturated rings. The molecular formula is C36H30N2O7S. The highest BCUT2D eigenvalue weighted by Gasteiger charge is 2.34. The molecule has 0 bridgehead atoms. The minimum Gasteiger partial charge on any atom is -0.493 e. The Morgan fingerprint density at radius 2 is 1.85 bits per heavy atom. The molecule has 9 nitrogen and oxygen atoms in total. The van der Waals surface area contributed by atoms with Gasteiger partial charge >= 0.3 is 5.97 Å². The third-order valence-corrected chi connectivity index (χ3v) is 8.96. The first kappa shape index (κ1) is 29.4. The monoisotopic (exact) mass is 634 g/mol. The van der Waals surface area contributed by atoms with Gasteiger partial charge in [-0.2, -0.15) is 0 Å². The minimum atomic E-state index is -0.758. The van der Waals surface area contributed by atoms with Crippen molar-refractivity contribution in [2.24, 2.45) is 4.99 Å². The molecule has 0 radical (unpaired) electrons. The number of fused-ring (bicyclic) bond motifs is 3. The van der Waals surface area contributed by atoms with E-state index in [1.165, 1.54) is 11.3 Å². The summed E-state index contributed by atoms with van der Waals surface area (Å²) in [7, 11) is 1.59. The van der Waals surface area contributed by atoms with Gasteiger partial charge < -0.3 is 23.7 Å². The van der Waals surface area contributed by atoms with Crippen molar-refractivity contribution in [1.82, 2.24) is 4.57 Å². The fourth-order valence-corrected chi connectivity index (χ4v) is 6.86. The molecule has 0 spiro atoms. The summed E-state index contributed by atoms with van der Waals surface area (Å²) in [4.78, 5) is 32.4. The molecule has 0 unspecified atom stereocenters. The first-order chi connectivity index (χ1) is 22.4. The summed E-state index contributed by atoms with van der Waals surface area (Å²) in [5.41, 5.74) is 3.01. The Labute approximate surface area is 268 Å². The summed E-state index contributed by atoms with van der Waals surface area (Å²) in [5, 5.41) is 2.29. The molecule has 10 heteroatoms. The molecule has 1 atom stereocenters. The van der Waals surface area contributed by atoms with E-state index in [0.717, 1.165) is 21.9 Å². The van der Waals surface area contributed by atoms with Crippen molar-refractivity contribution in [2.75, 3.05) is 20.5 Å². The van der Waals surface area contributed by atoms with Crippen LogP contribution < -0.4 is 33.8 Å². The van der Waals surface area contributed by atoms with Gasteiger partial charge in [0.15, 0.2) is 27.8 Å². The molecule has 0 saturated carbocycles. The standard InChI is InChI=1S/C36H30N2O7S/c1-4-42-35(40)32-21(2)37-36-38(33(32)24-13-15-28-30(18-24)45-20-44-28)34(39)31(46-36)17-22-12-14-27(29(16-22)41-3)43-19-25-10-7-9-23-8-5-6-11-26(23)25/h5-18,33H,4,19-20H2,1-3H3/b31-17+/t33-/m0/s1. The molecule has 3 heterocycles. The Morgan fingerprint density at radius 3 is 2.70 bits per heavy atom. The zero-order valence-electron chi connectivity index (χ0n) is 25.4. The molecule has 232 valence electrons. The predicted octanol–water partition coefficient (Wildman–Crippen LogP) is 5.27. The van der Waals surface area contributed by atoms with Gasteiger partial charge in [0.1, 0.15) is 6.61 Å². The molecular weight excluding hydrogens is 604 g/mol. The third-order valence-electron chi connectivity index (χ3n) is 7.98. The molecule has 0 amide bonds. The van der Waals surface area contributed by atoms with Gasteiger partial charge in [0.25, 0.3) is 5.56 Å². The Balaban J connectivity index is 1.25. The number of thiazole rings is 1. The van der Waals surface area contributed by atoms with Gasteiger partial charge in [-0.25, -0.2) is 9.79 Å². The van der Waals surface area contributed by atoms with E-state index in [1.54, 1.807) is 43.7 Å². The van der Waals surface area contributed by atoms with Crippen LogP contribution in [-0.2, 0) is 16.1 Å². The second kappa shape index (κ2) is 12.2. The Bertz CT molecular complexity index is 2210. The van der Waals surface area contributed by atoms with Crippen LogP contribution in [0.1, 0.15) is 36.6 Å². The maximum absolute atomic E-state index is 14.1. The molecule has 7 rings (SSSR count). The lowest BCUT2D eigenvalue weighted by molar-refractivity contribution is -0.139. The number of carbonyl (C=O) groups is 1. The van der Waals surface area contributed by atoms with Gasteiger partial charge in [-0.15, -0.1) is 0 Å². The van der Waals surface area contributed by atoms with Crippen LogP contribution in [0.25, 0.3) is 16.8 Å². The van der Waals surface area contributed by atoms with Crippen LogP contribution in [0.2, 0.25) is 0 Å². The Morgan fingerprint density at radius 1 is 1.02 bits per heavy atom. The van der Waals surface area contributed by atoms with Gasteiger partial charge in [0.05, 0.1) is 35.6 Å². The van der Waals surface area contributed by atoms with Crippen molar-refractivity contribution in [3.05, 3.63) is 127 Å². The van der Waals surface area contributed by atoms with Gasteiger partial charge in [-0.1, -0.05) is 65.9 Å². The summed E-state index contributed by atoms with van der Waals surface area (Å²) >= 11 is 1.25. The number of esters is 1. The number of rotatable bonds is 8. The van der Waals surface area contributed by atoms with Crippen LogP contribution in [-0.4, -0.2) is 31.0 Å². The van der Waals surface area contributed by atoms with E-state index in [-0.39, 0.29) is 19.0 Å². The smallest absolute Gasteiger partial charge is 0.338 e. The van der Waals surface area contributed by atoms with Gasteiger partial charge in [0, 0.05) is 0 Å². The van der Waals surface area contributed by atoms with Gasteiger partial charge in [-0.3, -0.25) is 9.36 Å². The van der Waals surface area contributed by atoms with E-state index in [4.69, 9.17) is 23.7 Å². The van der Waals surface area contributed by atoms with Crippen LogP contribution >= 0.6 is 11.3 Å². The molecule has 4 aromatic carbocycles. The van der Waals surface area contributed by atoms with E-state index in [2.05, 4.69) is 29.3 Å². The zero-order chi connectivity index (χ0) is 31.8. The summed E-state index contributed by atoms with van der Waals surface area (Å²) in [6, 6.07) is 24.5. The van der Waals surface area contributed by atoms with E-state index in [9.17, 15) is 9.59 Å². The first-order valence-corrected chi connectivity index (χ1v) is 15.6. The molecule has 0 aliphatic carbocycles. The number of aromatic nitrogens is 1. The van der Waals surface area contributed by atoms with E-state index < -0.39 is 12.0 Å². The quantitative estimate of drug-likeness (QED) is 0.215. The van der Waals surface area contributed by atoms with E-state index in [1.807, 2.05) is 42.5 Å². The fraction of sp³-hybridized carbons (Fsp3) is 0.194. The largest absolute Gasteiger partial charge is 0.493 e. The summed E-state index contributed by atoms with van der Waals surface area (Å²) < 4.78 is 30.4. The molecule has 2 aliphatic rings. The first-order valence-electron chi connectivity index (χ1n) is 14.8. The average molecular weight is 635 g/mol. The van der Waals surface area contributed by atoms with Gasteiger partial charge in [0.2, 0.25) is 6.79 Å². The molecule has 5 aromatic rings. The summed E-state index contributed by atoms with van der Waals surface area (Å²) in [6.07, 6.45) is 1.79. The number of nitrogens with zero attached hydrogens (tertiary/aromatic N) is 2. The van der Waals surface area contributed by atoms with E-state index >= 15 is 0 Å². The number of hydrogen-bond acceptors (Lipinski definition) is 9. The lowest BCUT2D eigenvalue weighted by atomic mass is 9.95. The molecule has 2 aliphatic heterocycles. The van der Waals surface area contributed by atoms with E-state index in [0.29, 0.717) is 55.8 Å². The van der Waals surface area contributed by atoms with Crippen LogP contribution in [0.3, 0.4) is 0 Å². The van der Waals surface area contributed by atoms with Crippen molar-refractivity contribution < 1.29 is 28.5 Å². The van der Waals surface area contributed by atoms with Crippen molar-refractivity contribution in [3.63, 3.8) is 0 Å². The molecule has 46 heavy (non-hydrogen) atoms. The topological polar surface area (TPSA) is 97.6 Å². The second-order valence-electron chi connectivity index (χ2n) is 10.8. The number of methoxy groups -OCH3 is 1.